The molecule has 0 heterocycles. The Labute approximate surface area is 101 Å². The van der Waals surface area contributed by atoms with Crippen LogP contribution in [-0.4, -0.2) is 15.9 Å². The van der Waals surface area contributed by atoms with E-state index < -0.39 is 4.32 Å². The maximum atomic E-state index is 11.8. The van der Waals surface area contributed by atoms with E-state index in [4.69, 9.17) is 4.74 Å². The molecule has 0 N–H and O–H groups in total. The van der Waals surface area contributed by atoms with Gasteiger partial charge in [-0.1, -0.05) is 29.3 Å². The maximum absolute atomic E-state index is 11.8. The van der Waals surface area contributed by atoms with Crippen LogP contribution in [0.5, 0.6) is 0 Å². The molecule has 0 amide bonds. The molecule has 1 aliphatic rings. The average Bonchev–Trinajstić information content (AvgIpc) is 2.18. The van der Waals surface area contributed by atoms with Crippen LogP contribution in [0.4, 0.5) is 0 Å². The fourth-order valence-corrected chi connectivity index (χ4v) is 2.12. The predicted octanol–water partition coefficient (Wildman–Crippen LogP) is 3.82. The van der Waals surface area contributed by atoms with Gasteiger partial charge in [0.25, 0.3) is 0 Å². The van der Waals surface area contributed by atoms with Crippen LogP contribution < -0.4 is 0 Å². The molecule has 3 heteroatoms. The molecule has 88 valence electrons. The van der Waals surface area contributed by atoms with E-state index in [0.29, 0.717) is 0 Å². The molecule has 2 nitrogen and oxygen atoms in total. The first-order valence-electron chi connectivity index (χ1n) is 5.82. The van der Waals surface area contributed by atoms with Crippen LogP contribution in [0.2, 0.25) is 0 Å². The fraction of sp³-hybridized carbons (Fsp3) is 0.917. The van der Waals surface area contributed by atoms with Crippen LogP contribution in [-0.2, 0) is 9.53 Å². The Hall–Kier alpha value is -0.0500. The van der Waals surface area contributed by atoms with Gasteiger partial charge in [0.05, 0.1) is 0 Å². The van der Waals surface area contributed by atoms with Crippen LogP contribution in [0.25, 0.3) is 0 Å². The number of hydrogen-bond acceptors (Lipinski definition) is 2. The second-order valence-electron chi connectivity index (χ2n) is 4.96. The SMILES string of the molecule is CCC1(OC(=O)C(C)(C)Br)CCCCC1. The Morgan fingerprint density at radius 1 is 1.33 bits per heavy atom. The minimum Gasteiger partial charge on any atom is -0.458 e. The van der Waals surface area contributed by atoms with Gasteiger partial charge in [-0.3, -0.25) is 4.79 Å². The van der Waals surface area contributed by atoms with Gasteiger partial charge in [0.2, 0.25) is 0 Å². The summed E-state index contributed by atoms with van der Waals surface area (Å²) in [6.45, 7) is 5.78. The van der Waals surface area contributed by atoms with Gasteiger partial charge in [-0.25, -0.2) is 0 Å². The molecule has 0 bridgehead atoms. The van der Waals surface area contributed by atoms with Gasteiger partial charge in [-0.2, -0.15) is 0 Å². The molecule has 0 aromatic carbocycles. The van der Waals surface area contributed by atoms with E-state index in [-0.39, 0.29) is 11.6 Å². The number of carbonyl (C=O) groups excluding carboxylic acids is 1. The lowest BCUT2D eigenvalue weighted by atomic mass is 9.82. The highest BCUT2D eigenvalue weighted by Crippen LogP contribution is 2.36. The highest BCUT2D eigenvalue weighted by molar-refractivity contribution is 9.10. The lowest BCUT2D eigenvalue weighted by molar-refractivity contribution is -0.165. The van der Waals surface area contributed by atoms with E-state index in [1.807, 2.05) is 13.8 Å². The van der Waals surface area contributed by atoms with Gasteiger partial charge in [-0.15, -0.1) is 0 Å². The smallest absolute Gasteiger partial charge is 0.322 e. The van der Waals surface area contributed by atoms with Crippen LogP contribution in [0.15, 0.2) is 0 Å². The summed E-state index contributed by atoms with van der Waals surface area (Å²) in [6, 6.07) is 0. The fourth-order valence-electron chi connectivity index (χ4n) is 2.04. The van der Waals surface area contributed by atoms with Crippen molar-refractivity contribution in [2.75, 3.05) is 0 Å². The Morgan fingerprint density at radius 3 is 2.27 bits per heavy atom. The van der Waals surface area contributed by atoms with Gasteiger partial charge < -0.3 is 4.74 Å². The first-order valence-corrected chi connectivity index (χ1v) is 6.61. The third-order valence-electron chi connectivity index (χ3n) is 3.20. The molecular weight excluding hydrogens is 256 g/mol. The molecule has 1 aliphatic carbocycles. The third-order valence-corrected chi connectivity index (χ3v) is 3.53. The number of ether oxygens (including phenoxy) is 1. The van der Waals surface area contributed by atoms with Crippen LogP contribution >= 0.6 is 15.9 Å². The summed E-state index contributed by atoms with van der Waals surface area (Å²) in [7, 11) is 0. The molecule has 1 saturated carbocycles. The van der Waals surface area contributed by atoms with E-state index in [0.717, 1.165) is 19.3 Å². The van der Waals surface area contributed by atoms with Gasteiger partial charge in [0, 0.05) is 0 Å². The zero-order valence-electron chi connectivity index (χ0n) is 9.94. The Morgan fingerprint density at radius 2 is 1.87 bits per heavy atom. The number of hydrogen-bond donors (Lipinski definition) is 0. The highest BCUT2D eigenvalue weighted by Gasteiger charge is 2.37. The number of halogens is 1. The largest absolute Gasteiger partial charge is 0.458 e. The van der Waals surface area contributed by atoms with Crippen LogP contribution in [0.1, 0.15) is 59.3 Å². The summed E-state index contributed by atoms with van der Waals surface area (Å²) in [5.41, 5.74) is -0.180. The Balaban J connectivity index is 2.63. The van der Waals surface area contributed by atoms with Gasteiger partial charge in [0.1, 0.15) is 9.93 Å². The summed E-state index contributed by atoms with van der Waals surface area (Å²) in [4.78, 5) is 11.8. The van der Waals surface area contributed by atoms with E-state index in [2.05, 4.69) is 22.9 Å². The molecule has 0 atom stereocenters. The Bertz CT molecular complexity index is 224. The quantitative estimate of drug-likeness (QED) is 0.579. The maximum Gasteiger partial charge on any atom is 0.322 e. The summed E-state index contributed by atoms with van der Waals surface area (Å²) in [5, 5.41) is 0. The molecule has 0 radical (unpaired) electrons. The van der Waals surface area contributed by atoms with Gasteiger partial charge in [-0.05, 0) is 46.0 Å². The zero-order valence-corrected chi connectivity index (χ0v) is 11.5. The first kappa shape index (κ1) is 13.0. The molecule has 0 aliphatic heterocycles. The van der Waals surface area contributed by atoms with Crippen molar-refractivity contribution in [1.82, 2.24) is 0 Å². The second-order valence-corrected chi connectivity index (χ2v) is 6.94. The van der Waals surface area contributed by atoms with Crippen molar-refractivity contribution >= 4 is 21.9 Å². The van der Waals surface area contributed by atoms with Crippen LogP contribution in [0.3, 0.4) is 0 Å². The predicted molar refractivity (Wildman–Crippen MR) is 65.2 cm³/mol. The molecule has 0 spiro atoms. The molecule has 0 saturated heterocycles. The van der Waals surface area contributed by atoms with Crippen molar-refractivity contribution in [3.63, 3.8) is 0 Å². The lowest BCUT2D eigenvalue weighted by Crippen LogP contribution is -2.41. The van der Waals surface area contributed by atoms with E-state index in [1.165, 1.54) is 19.3 Å². The topological polar surface area (TPSA) is 26.3 Å². The summed E-state index contributed by atoms with van der Waals surface area (Å²) in [6.07, 6.45) is 6.63. The number of rotatable bonds is 3. The molecule has 15 heavy (non-hydrogen) atoms. The zero-order chi connectivity index (χ0) is 11.5. The normalized spacial score (nSPS) is 21.1. The monoisotopic (exact) mass is 276 g/mol. The second kappa shape index (κ2) is 4.86. The standard InChI is InChI=1S/C12H21BrO2/c1-4-12(8-6-5-7-9-12)15-10(14)11(2,3)13/h4-9H2,1-3H3. The minimum absolute atomic E-state index is 0.133. The highest BCUT2D eigenvalue weighted by atomic mass is 79.9. The molecule has 0 unspecified atom stereocenters. The third kappa shape index (κ3) is 3.47. The first-order chi connectivity index (χ1) is 6.90. The Kier molecular flexibility index (Phi) is 4.21. The number of carbonyl (C=O) groups is 1. The van der Waals surface area contributed by atoms with Crippen molar-refractivity contribution in [1.29, 1.82) is 0 Å². The van der Waals surface area contributed by atoms with Crippen molar-refractivity contribution in [3.05, 3.63) is 0 Å². The minimum atomic E-state index is -0.563. The van der Waals surface area contributed by atoms with Crippen molar-refractivity contribution in [3.8, 4) is 0 Å². The molecule has 1 rings (SSSR count). The lowest BCUT2D eigenvalue weighted by Gasteiger charge is -2.37. The summed E-state index contributed by atoms with van der Waals surface area (Å²) < 4.78 is 5.14. The van der Waals surface area contributed by atoms with E-state index >= 15 is 0 Å². The number of alkyl halides is 1. The number of esters is 1. The summed E-state index contributed by atoms with van der Waals surface area (Å²) in [5.74, 6) is -0.133. The molecule has 0 aromatic heterocycles. The van der Waals surface area contributed by atoms with E-state index in [1.54, 1.807) is 0 Å². The molecule has 0 aromatic rings. The van der Waals surface area contributed by atoms with Crippen molar-refractivity contribution < 1.29 is 9.53 Å². The van der Waals surface area contributed by atoms with Crippen molar-refractivity contribution in [2.45, 2.75) is 69.2 Å². The molecular formula is C12H21BrO2. The van der Waals surface area contributed by atoms with Gasteiger partial charge in [0.15, 0.2) is 0 Å². The van der Waals surface area contributed by atoms with E-state index in [9.17, 15) is 4.79 Å². The summed E-state index contributed by atoms with van der Waals surface area (Å²) >= 11 is 3.35. The van der Waals surface area contributed by atoms with Crippen molar-refractivity contribution in [2.24, 2.45) is 0 Å². The van der Waals surface area contributed by atoms with Gasteiger partial charge >= 0.3 is 5.97 Å². The van der Waals surface area contributed by atoms with Crippen LogP contribution in [0, 0.1) is 0 Å². The average molecular weight is 277 g/mol. The molecule has 1 fully saturated rings.